The van der Waals surface area contributed by atoms with E-state index in [1.807, 2.05) is 36.4 Å². The molecule has 1 aromatic carbocycles. The number of benzene rings is 1. The Hall–Kier alpha value is -1.90. The van der Waals surface area contributed by atoms with Crippen LogP contribution in [0.15, 0.2) is 36.4 Å². The summed E-state index contributed by atoms with van der Waals surface area (Å²) in [5, 5.41) is 9.26. The van der Waals surface area contributed by atoms with Gasteiger partial charge in [0, 0.05) is 11.5 Å². The van der Waals surface area contributed by atoms with Gasteiger partial charge in [0.2, 0.25) is 0 Å². The van der Waals surface area contributed by atoms with Crippen LogP contribution in [-0.2, 0) is 11.2 Å². The lowest BCUT2D eigenvalue weighted by molar-refractivity contribution is -0.143. The van der Waals surface area contributed by atoms with Gasteiger partial charge in [-0.3, -0.25) is 9.59 Å². The molecule has 1 N–H and O–H groups in total. The Kier molecular flexibility index (Phi) is 5.32. The third kappa shape index (κ3) is 3.81. The number of carboxylic acid groups (broad SMARTS) is 1. The smallest absolute Gasteiger partial charge is 0.307 e. The van der Waals surface area contributed by atoms with Crippen LogP contribution in [0.4, 0.5) is 0 Å². The normalized spacial score (nSPS) is 21.2. The topological polar surface area (TPSA) is 54.4 Å². The minimum Gasteiger partial charge on any atom is -0.481 e. The second-order valence-electron chi connectivity index (χ2n) is 5.66. The molecule has 3 nitrogen and oxygen atoms in total. The summed E-state index contributed by atoms with van der Waals surface area (Å²) in [6.07, 6.45) is 8.05. The van der Waals surface area contributed by atoms with Gasteiger partial charge >= 0.3 is 5.97 Å². The van der Waals surface area contributed by atoms with E-state index in [0.717, 1.165) is 19.3 Å². The number of carbonyl (C=O) groups excluding carboxylic acids is 1. The summed E-state index contributed by atoms with van der Waals surface area (Å²) >= 11 is 0. The third-order valence-corrected chi connectivity index (χ3v) is 4.14. The molecule has 0 spiro atoms. The van der Waals surface area contributed by atoms with Gasteiger partial charge in [-0.1, -0.05) is 49.8 Å². The molecule has 0 radical (unpaired) electrons. The van der Waals surface area contributed by atoms with E-state index in [1.54, 1.807) is 0 Å². The Balaban J connectivity index is 2.11. The summed E-state index contributed by atoms with van der Waals surface area (Å²) in [7, 11) is 0. The van der Waals surface area contributed by atoms with Crippen LogP contribution in [0, 0.1) is 11.8 Å². The molecule has 2 atom stereocenters. The number of Topliss-reactive ketones (excluding diaryl/α,β-unsaturated/α-hetero) is 1. The predicted molar refractivity (Wildman–Crippen MR) is 82.4 cm³/mol. The Labute approximate surface area is 125 Å². The standard InChI is InChI=1S/C18H22O3/c1-2-3-6-13-9-11-14(12-10-13)17(19)15-7-4-5-8-16(15)18(20)21/h4-5,9-12,15-16H,2-3,6-8H2,1H3,(H,20,21). The first kappa shape index (κ1) is 15.5. The van der Waals surface area contributed by atoms with Gasteiger partial charge in [0.1, 0.15) is 0 Å². The zero-order chi connectivity index (χ0) is 15.2. The van der Waals surface area contributed by atoms with Gasteiger partial charge in [-0.05, 0) is 31.2 Å². The molecular weight excluding hydrogens is 264 g/mol. The molecule has 3 heteroatoms. The highest BCUT2D eigenvalue weighted by atomic mass is 16.4. The molecule has 112 valence electrons. The van der Waals surface area contributed by atoms with Crippen LogP contribution in [-0.4, -0.2) is 16.9 Å². The van der Waals surface area contributed by atoms with Crippen molar-refractivity contribution in [1.82, 2.24) is 0 Å². The fraction of sp³-hybridized carbons (Fsp3) is 0.444. The largest absolute Gasteiger partial charge is 0.481 e. The van der Waals surface area contributed by atoms with Crippen molar-refractivity contribution >= 4 is 11.8 Å². The predicted octanol–water partition coefficient (Wildman–Crippen LogP) is 3.88. The number of hydrogen-bond donors (Lipinski definition) is 1. The molecule has 1 aliphatic carbocycles. The zero-order valence-electron chi connectivity index (χ0n) is 12.4. The van der Waals surface area contributed by atoms with E-state index < -0.39 is 17.8 Å². The SMILES string of the molecule is CCCCc1ccc(C(=O)C2CC=CCC2C(=O)O)cc1. The Bertz CT molecular complexity index is 528. The summed E-state index contributed by atoms with van der Waals surface area (Å²) in [6.45, 7) is 2.15. The van der Waals surface area contributed by atoms with Crippen molar-refractivity contribution < 1.29 is 14.7 Å². The molecule has 1 aromatic rings. The van der Waals surface area contributed by atoms with Crippen molar-refractivity contribution in [1.29, 1.82) is 0 Å². The fourth-order valence-corrected chi connectivity index (χ4v) is 2.81. The summed E-state index contributed by atoms with van der Waals surface area (Å²) in [5.41, 5.74) is 1.86. The average Bonchev–Trinajstić information content (AvgIpc) is 2.52. The minimum atomic E-state index is -0.878. The van der Waals surface area contributed by atoms with Crippen LogP contribution in [0.2, 0.25) is 0 Å². The van der Waals surface area contributed by atoms with Crippen molar-refractivity contribution in [2.75, 3.05) is 0 Å². The van der Waals surface area contributed by atoms with Crippen molar-refractivity contribution in [3.63, 3.8) is 0 Å². The molecule has 0 amide bonds. The fourth-order valence-electron chi connectivity index (χ4n) is 2.81. The zero-order valence-corrected chi connectivity index (χ0v) is 12.4. The maximum atomic E-state index is 12.5. The number of carboxylic acids is 1. The van der Waals surface area contributed by atoms with Crippen molar-refractivity contribution in [3.05, 3.63) is 47.5 Å². The lowest BCUT2D eigenvalue weighted by Gasteiger charge is -2.24. The van der Waals surface area contributed by atoms with Crippen LogP contribution in [0.3, 0.4) is 0 Å². The average molecular weight is 286 g/mol. The number of carbonyl (C=O) groups is 2. The second kappa shape index (κ2) is 7.21. The highest BCUT2D eigenvalue weighted by molar-refractivity contribution is 6.00. The van der Waals surface area contributed by atoms with Crippen LogP contribution in [0.25, 0.3) is 0 Å². The second-order valence-corrected chi connectivity index (χ2v) is 5.66. The van der Waals surface area contributed by atoms with E-state index in [1.165, 1.54) is 5.56 Å². The van der Waals surface area contributed by atoms with Crippen molar-refractivity contribution in [2.45, 2.75) is 39.0 Å². The number of rotatable bonds is 6. The molecule has 2 unspecified atom stereocenters. The molecular formula is C18H22O3. The molecule has 0 heterocycles. The third-order valence-electron chi connectivity index (χ3n) is 4.14. The quantitative estimate of drug-likeness (QED) is 0.638. The van der Waals surface area contributed by atoms with Crippen molar-refractivity contribution in [2.24, 2.45) is 11.8 Å². The highest BCUT2D eigenvalue weighted by Crippen LogP contribution is 2.29. The molecule has 2 rings (SSSR count). The van der Waals surface area contributed by atoms with Gasteiger partial charge in [-0.2, -0.15) is 0 Å². The summed E-state index contributed by atoms with van der Waals surface area (Å²) < 4.78 is 0. The molecule has 0 bridgehead atoms. The lowest BCUT2D eigenvalue weighted by atomic mass is 9.78. The van der Waals surface area contributed by atoms with E-state index in [4.69, 9.17) is 0 Å². The van der Waals surface area contributed by atoms with E-state index in [-0.39, 0.29) is 5.78 Å². The molecule has 1 aliphatic rings. The number of unbranched alkanes of at least 4 members (excludes halogenated alkanes) is 1. The van der Waals surface area contributed by atoms with Crippen molar-refractivity contribution in [3.8, 4) is 0 Å². The molecule has 0 saturated carbocycles. The molecule has 0 aliphatic heterocycles. The Morgan fingerprint density at radius 3 is 2.29 bits per heavy atom. The highest BCUT2D eigenvalue weighted by Gasteiger charge is 2.34. The molecule has 0 aromatic heterocycles. The van der Waals surface area contributed by atoms with Gasteiger partial charge in [0.15, 0.2) is 5.78 Å². The van der Waals surface area contributed by atoms with Crippen LogP contribution in [0.5, 0.6) is 0 Å². The van der Waals surface area contributed by atoms with Gasteiger partial charge in [-0.25, -0.2) is 0 Å². The summed E-state index contributed by atoms with van der Waals surface area (Å²) in [5.74, 6) is -1.96. The number of ketones is 1. The van der Waals surface area contributed by atoms with Gasteiger partial charge in [-0.15, -0.1) is 0 Å². The molecule has 0 saturated heterocycles. The lowest BCUT2D eigenvalue weighted by Crippen LogP contribution is -2.31. The number of hydrogen-bond acceptors (Lipinski definition) is 2. The van der Waals surface area contributed by atoms with E-state index in [0.29, 0.717) is 18.4 Å². The number of aryl methyl sites for hydroxylation is 1. The maximum Gasteiger partial charge on any atom is 0.307 e. The summed E-state index contributed by atoms with van der Waals surface area (Å²) in [4.78, 5) is 23.8. The molecule has 21 heavy (non-hydrogen) atoms. The number of aliphatic carboxylic acids is 1. The van der Waals surface area contributed by atoms with E-state index >= 15 is 0 Å². The minimum absolute atomic E-state index is 0.0474. The van der Waals surface area contributed by atoms with Gasteiger partial charge in [0.25, 0.3) is 0 Å². The number of allylic oxidation sites excluding steroid dienone is 2. The van der Waals surface area contributed by atoms with Gasteiger partial charge < -0.3 is 5.11 Å². The Morgan fingerprint density at radius 1 is 1.10 bits per heavy atom. The van der Waals surface area contributed by atoms with Crippen LogP contribution >= 0.6 is 0 Å². The van der Waals surface area contributed by atoms with E-state index in [9.17, 15) is 14.7 Å². The first-order valence-corrected chi connectivity index (χ1v) is 7.64. The first-order valence-electron chi connectivity index (χ1n) is 7.64. The Morgan fingerprint density at radius 2 is 1.71 bits per heavy atom. The maximum absolute atomic E-state index is 12.5. The monoisotopic (exact) mass is 286 g/mol. The van der Waals surface area contributed by atoms with Crippen LogP contribution < -0.4 is 0 Å². The summed E-state index contributed by atoms with van der Waals surface area (Å²) in [6, 6.07) is 7.64. The van der Waals surface area contributed by atoms with E-state index in [2.05, 4.69) is 6.92 Å². The first-order chi connectivity index (χ1) is 10.1. The van der Waals surface area contributed by atoms with Gasteiger partial charge in [0.05, 0.1) is 5.92 Å². The molecule has 0 fully saturated rings. The van der Waals surface area contributed by atoms with Crippen LogP contribution in [0.1, 0.15) is 48.5 Å².